The summed E-state index contributed by atoms with van der Waals surface area (Å²) < 4.78 is 0. The van der Waals surface area contributed by atoms with Gasteiger partial charge >= 0.3 is 0 Å². The van der Waals surface area contributed by atoms with Crippen molar-refractivity contribution in [3.8, 4) is 0 Å². The summed E-state index contributed by atoms with van der Waals surface area (Å²) in [5, 5.41) is 4.82. The molecule has 0 unspecified atom stereocenters. The minimum absolute atomic E-state index is 0.0421. The number of rotatable bonds is 6. The molecule has 0 spiro atoms. The second-order valence-corrected chi connectivity index (χ2v) is 8.60. The molecule has 1 aliphatic rings. The van der Waals surface area contributed by atoms with Gasteiger partial charge in [0.25, 0.3) is 5.91 Å². The number of likely N-dealkylation sites (N-methyl/N-ethyl adjacent to an activating group) is 1. The van der Waals surface area contributed by atoms with E-state index >= 15 is 0 Å². The highest BCUT2D eigenvalue weighted by molar-refractivity contribution is 7.99. The van der Waals surface area contributed by atoms with E-state index in [1.807, 2.05) is 35.2 Å². The quantitative estimate of drug-likeness (QED) is 0.853. The van der Waals surface area contributed by atoms with Gasteiger partial charge in [0.05, 0.1) is 4.88 Å². The molecule has 2 amide bonds. The molecule has 0 aliphatic carbocycles. The van der Waals surface area contributed by atoms with Gasteiger partial charge in [-0.05, 0) is 48.1 Å². The number of hydrogen-bond acceptors (Lipinski definition) is 4. The molecule has 1 N–H and O–H groups in total. The predicted molar refractivity (Wildman–Crippen MR) is 98.1 cm³/mol. The third-order valence-electron chi connectivity index (χ3n) is 4.14. The van der Waals surface area contributed by atoms with Crippen LogP contribution in [-0.4, -0.2) is 47.4 Å². The molecule has 0 aromatic carbocycles. The van der Waals surface area contributed by atoms with E-state index in [0.29, 0.717) is 23.3 Å². The van der Waals surface area contributed by atoms with Crippen molar-refractivity contribution >= 4 is 34.9 Å². The lowest BCUT2D eigenvalue weighted by Crippen LogP contribution is -2.51. The zero-order valence-corrected chi connectivity index (χ0v) is 15.7. The minimum Gasteiger partial charge on any atom is -0.341 e. The second-order valence-electron chi connectivity index (χ2n) is 6.43. The average Bonchev–Trinajstić information content (AvgIpc) is 3.07. The molecule has 128 valence electrons. The van der Waals surface area contributed by atoms with Gasteiger partial charge in [-0.15, -0.1) is 11.3 Å². The van der Waals surface area contributed by atoms with Crippen molar-refractivity contribution in [2.45, 2.75) is 45.2 Å². The third-order valence-corrected chi connectivity index (χ3v) is 6.06. The molecule has 0 radical (unpaired) electrons. The molecule has 0 saturated carbocycles. The van der Waals surface area contributed by atoms with Gasteiger partial charge in [-0.1, -0.05) is 19.9 Å². The molecular weight excluding hydrogens is 328 g/mol. The molecule has 1 aliphatic heterocycles. The lowest BCUT2D eigenvalue weighted by molar-refractivity contribution is -0.134. The topological polar surface area (TPSA) is 49.4 Å². The van der Waals surface area contributed by atoms with E-state index in [0.717, 1.165) is 24.3 Å². The molecule has 1 saturated heterocycles. The van der Waals surface area contributed by atoms with Crippen LogP contribution in [0.1, 0.15) is 42.8 Å². The number of nitrogens with one attached hydrogen (secondary N) is 1. The number of hydrogen-bond donors (Lipinski definition) is 1. The van der Waals surface area contributed by atoms with Crippen LogP contribution in [-0.2, 0) is 4.79 Å². The lowest BCUT2D eigenvalue weighted by Gasteiger charge is -2.34. The Morgan fingerprint density at radius 3 is 2.61 bits per heavy atom. The minimum atomic E-state index is -0.441. The molecule has 2 rings (SSSR count). The number of nitrogens with zero attached hydrogens (tertiary/aromatic N) is 1. The van der Waals surface area contributed by atoms with Crippen molar-refractivity contribution in [3.05, 3.63) is 22.4 Å². The first-order chi connectivity index (χ1) is 11.0. The van der Waals surface area contributed by atoms with E-state index < -0.39 is 6.04 Å². The van der Waals surface area contributed by atoms with Crippen molar-refractivity contribution in [1.82, 2.24) is 10.2 Å². The van der Waals surface area contributed by atoms with E-state index in [9.17, 15) is 9.59 Å². The van der Waals surface area contributed by atoms with Crippen LogP contribution in [0.5, 0.6) is 0 Å². The van der Waals surface area contributed by atoms with E-state index in [4.69, 9.17) is 0 Å². The summed E-state index contributed by atoms with van der Waals surface area (Å²) in [6, 6.07) is 3.50. The van der Waals surface area contributed by atoms with Crippen molar-refractivity contribution in [2.24, 2.45) is 5.92 Å². The maximum Gasteiger partial charge on any atom is 0.261 e. The summed E-state index contributed by atoms with van der Waals surface area (Å²) in [5.74, 6) is 2.46. The summed E-state index contributed by atoms with van der Waals surface area (Å²) in [7, 11) is 1.88. The average molecular weight is 355 g/mol. The number of thiophene rings is 1. The van der Waals surface area contributed by atoms with E-state index in [2.05, 4.69) is 19.2 Å². The van der Waals surface area contributed by atoms with Gasteiger partial charge in [-0.25, -0.2) is 0 Å². The Bertz CT molecular complexity index is 511. The predicted octanol–water partition coefficient (Wildman–Crippen LogP) is 3.25. The van der Waals surface area contributed by atoms with Gasteiger partial charge < -0.3 is 10.2 Å². The first kappa shape index (κ1) is 18.3. The van der Waals surface area contributed by atoms with Crippen LogP contribution in [0.4, 0.5) is 0 Å². The van der Waals surface area contributed by atoms with Crippen LogP contribution in [0, 0.1) is 5.92 Å². The number of amides is 2. The molecular formula is C17H26N2O2S2. The smallest absolute Gasteiger partial charge is 0.261 e. The van der Waals surface area contributed by atoms with Gasteiger partial charge in [0.15, 0.2) is 0 Å². The monoisotopic (exact) mass is 354 g/mol. The van der Waals surface area contributed by atoms with Crippen LogP contribution in [0.25, 0.3) is 0 Å². The Morgan fingerprint density at radius 2 is 2.04 bits per heavy atom. The molecule has 6 heteroatoms. The van der Waals surface area contributed by atoms with Crippen LogP contribution < -0.4 is 5.32 Å². The van der Waals surface area contributed by atoms with Crippen LogP contribution >= 0.6 is 23.1 Å². The maximum absolute atomic E-state index is 12.9. The Morgan fingerprint density at radius 1 is 1.35 bits per heavy atom. The van der Waals surface area contributed by atoms with Gasteiger partial charge in [0, 0.05) is 13.1 Å². The highest BCUT2D eigenvalue weighted by atomic mass is 32.2. The highest BCUT2D eigenvalue weighted by Gasteiger charge is 2.30. The fraction of sp³-hybridized carbons (Fsp3) is 0.647. The molecule has 1 aromatic heterocycles. The summed E-state index contributed by atoms with van der Waals surface area (Å²) in [4.78, 5) is 27.7. The summed E-state index contributed by atoms with van der Waals surface area (Å²) >= 11 is 3.35. The third kappa shape index (κ3) is 5.24. The van der Waals surface area contributed by atoms with Gasteiger partial charge in [0.1, 0.15) is 6.04 Å². The Labute approximate surface area is 147 Å². The number of thioether (sulfide) groups is 1. The van der Waals surface area contributed by atoms with Crippen molar-refractivity contribution in [3.63, 3.8) is 0 Å². The Balaban J connectivity index is 2.03. The SMILES string of the molecule is CC(C)C[C@H](NC(=O)c1cccs1)C(=O)N(C)C1CCSCC1. The normalized spacial score (nSPS) is 17.0. The number of carbonyl (C=O) groups excluding carboxylic acids is 2. The summed E-state index contributed by atoms with van der Waals surface area (Å²) in [6.07, 6.45) is 2.75. The standard InChI is InChI=1S/C17H26N2O2S2/c1-12(2)11-14(18-16(20)15-5-4-8-23-15)17(21)19(3)13-6-9-22-10-7-13/h4-5,8,12-14H,6-7,9-11H2,1-3H3,(H,18,20)/t14-/m0/s1. The fourth-order valence-corrected chi connectivity index (χ4v) is 4.54. The van der Waals surface area contributed by atoms with Crippen molar-refractivity contribution < 1.29 is 9.59 Å². The maximum atomic E-state index is 12.9. The van der Waals surface area contributed by atoms with Gasteiger partial charge in [0.2, 0.25) is 5.91 Å². The summed E-state index contributed by atoms with van der Waals surface area (Å²) in [5.41, 5.74) is 0. The van der Waals surface area contributed by atoms with Crippen molar-refractivity contribution in [1.29, 1.82) is 0 Å². The van der Waals surface area contributed by atoms with E-state index in [-0.39, 0.29) is 11.8 Å². The highest BCUT2D eigenvalue weighted by Crippen LogP contribution is 2.22. The van der Waals surface area contributed by atoms with Crippen LogP contribution in [0.3, 0.4) is 0 Å². The molecule has 0 bridgehead atoms. The molecule has 2 heterocycles. The zero-order valence-electron chi connectivity index (χ0n) is 14.1. The molecule has 4 nitrogen and oxygen atoms in total. The zero-order chi connectivity index (χ0) is 16.8. The molecule has 1 fully saturated rings. The van der Waals surface area contributed by atoms with Gasteiger partial charge in [-0.2, -0.15) is 11.8 Å². The molecule has 1 atom stereocenters. The lowest BCUT2D eigenvalue weighted by atomic mass is 10.0. The second kappa shape index (κ2) is 8.73. The molecule has 1 aromatic rings. The largest absolute Gasteiger partial charge is 0.341 e. The Hall–Kier alpha value is -1.01. The molecule has 23 heavy (non-hydrogen) atoms. The van der Waals surface area contributed by atoms with E-state index in [1.165, 1.54) is 11.3 Å². The summed E-state index contributed by atoms with van der Waals surface area (Å²) in [6.45, 7) is 4.16. The van der Waals surface area contributed by atoms with Crippen LogP contribution in [0.15, 0.2) is 17.5 Å². The van der Waals surface area contributed by atoms with Crippen LogP contribution in [0.2, 0.25) is 0 Å². The number of carbonyl (C=O) groups is 2. The first-order valence-corrected chi connectivity index (χ1v) is 10.2. The first-order valence-electron chi connectivity index (χ1n) is 8.17. The fourth-order valence-electron chi connectivity index (χ4n) is 2.83. The van der Waals surface area contributed by atoms with E-state index in [1.54, 1.807) is 6.07 Å². The van der Waals surface area contributed by atoms with Crippen molar-refractivity contribution in [2.75, 3.05) is 18.6 Å². The van der Waals surface area contributed by atoms with Gasteiger partial charge in [-0.3, -0.25) is 9.59 Å². The Kier molecular flexibility index (Phi) is 6.96.